The third-order valence-electron chi connectivity index (χ3n) is 3.64. The van der Waals surface area contributed by atoms with E-state index in [1.165, 1.54) is 24.3 Å². The van der Waals surface area contributed by atoms with Gasteiger partial charge in [0.25, 0.3) is 10.0 Å². The molecule has 3 aromatic carbocycles. The summed E-state index contributed by atoms with van der Waals surface area (Å²) in [7, 11) is -3.95. The van der Waals surface area contributed by atoms with Gasteiger partial charge in [0.05, 0.1) is 4.90 Å². The van der Waals surface area contributed by atoms with Crippen LogP contribution in [0.15, 0.2) is 88.2 Å². The largest absolute Gasteiger partial charge is 0.437 e. The zero-order valence-corrected chi connectivity index (χ0v) is 15.5. The van der Waals surface area contributed by atoms with E-state index in [0.29, 0.717) is 16.3 Å². The Morgan fingerprint density at radius 1 is 0.885 bits per heavy atom. The summed E-state index contributed by atoms with van der Waals surface area (Å²) in [6, 6.07) is 22.1. The van der Waals surface area contributed by atoms with E-state index in [0.717, 1.165) is 5.56 Å². The van der Waals surface area contributed by atoms with E-state index in [9.17, 15) is 8.42 Å². The first kappa shape index (κ1) is 18.2. The fourth-order valence-corrected chi connectivity index (χ4v) is 3.33. The first-order valence-electron chi connectivity index (χ1n) is 7.85. The van der Waals surface area contributed by atoms with Crippen molar-refractivity contribution in [1.82, 2.24) is 0 Å². The van der Waals surface area contributed by atoms with Gasteiger partial charge < -0.3 is 4.74 Å². The van der Waals surface area contributed by atoms with Crippen molar-refractivity contribution in [2.75, 3.05) is 0 Å². The predicted molar refractivity (Wildman–Crippen MR) is 103 cm³/mol. The highest BCUT2D eigenvalue weighted by Crippen LogP contribution is 2.21. The van der Waals surface area contributed by atoms with Gasteiger partial charge in [-0.25, -0.2) is 0 Å². The maximum Gasteiger partial charge on any atom is 0.285 e. The number of hydrogen-bond acceptors (Lipinski definition) is 3. The summed E-state index contributed by atoms with van der Waals surface area (Å²) in [5, 5.41) is 0.451. The molecule has 0 unspecified atom stereocenters. The van der Waals surface area contributed by atoms with Crippen molar-refractivity contribution in [3.05, 3.63) is 95.0 Å². The number of aryl methyl sites for hydroxylation is 1. The van der Waals surface area contributed by atoms with Gasteiger partial charge in [-0.3, -0.25) is 0 Å². The minimum Gasteiger partial charge on any atom is -0.437 e. The van der Waals surface area contributed by atoms with Gasteiger partial charge in [0.2, 0.25) is 5.90 Å². The van der Waals surface area contributed by atoms with Crippen LogP contribution in [0.2, 0.25) is 5.02 Å². The van der Waals surface area contributed by atoms with E-state index < -0.39 is 10.0 Å². The number of para-hydroxylation sites is 1. The molecular weight excluding hydrogens is 370 g/mol. The van der Waals surface area contributed by atoms with Crippen molar-refractivity contribution >= 4 is 27.5 Å². The molecule has 0 aromatic heterocycles. The van der Waals surface area contributed by atoms with Crippen molar-refractivity contribution in [2.24, 2.45) is 4.40 Å². The van der Waals surface area contributed by atoms with Crippen LogP contribution in [0, 0.1) is 6.92 Å². The quantitative estimate of drug-likeness (QED) is 0.476. The van der Waals surface area contributed by atoms with Gasteiger partial charge in [0.1, 0.15) is 5.75 Å². The second-order valence-electron chi connectivity index (χ2n) is 5.56. The third kappa shape index (κ3) is 4.31. The molecule has 132 valence electrons. The van der Waals surface area contributed by atoms with Crippen LogP contribution in [-0.2, 0) is 10.0 Å². The first-order chi connectivity index (χ1) is 12.5. The molecule has 4 nitrogen and oxygen atoms in total. The Morgan fingerprint density at radius 3 is 2.15 bits per heavy atom. The molecule has 0 N–H and O–H groups in total. The predicted octanol–water partition coefficient (Wildman–Crippen LogP) is 4.86. The number of ether oxygens (including phenoxy) is 1. The molecule has 3 aromatic rings. The summed E-state index contributed by atoms with van der Waals surface area (Å²) in [5.41, 5.74) is 1.44. The SMILES string of the molecule is Cc1ccccc1O/C(=N\S(=O)(=O)c1ccc(Cl)cc1)c1ccccc1. The maximum absolute atomic E-state index is 12.7. The lowest BCUT2D eigenvalue weighted by Gasteiger charge is -2.11. The van der Waals surface area contributed by atoms with Crippen LogP contribution in [0.25, 0.3) is 0 Å². The fraction of sp³-hybridized carbons (Fsp3) is 0.0500. The summed E-state index contributed by atoms with van der Waals surface area (Å²) in [6.45, 7) is 1.88. The fourth-order valence-electron chi connectivity index (χ4n) is 2.25. The normalized spacial score (nSPS) is 12.0. The topological polar surface area (TPSA) is 55.7 Å². The summed E-state index contributed by atoms with van der Waals surface area (Å²) in [5.74, 6) is 0.552. The Morgan fingerprint density at radius 2 is 1.50 bits per heavy atom. The monoisotopic (exact) mass is 385 g/mol. The lowest BCUT2D eigenvalue weighted by Crippen LogP contribution is -2.14. The molecule has 0 atom stereocenters. The molecule has 0 bridgehead atoms. The van der Waals surface area contributed by atoms with Crippen LogP contribution in [-0.4, -0.2) is 14.3 Å². The second-order valence-corrected chi connectivity index (χ2v) is 7.60. The van der Waals surface area contributed by atoms with Crippen LogP contribution < -0.4 is 4.74 Å². The van der Waals surface area contributed by atoms with Gasteiger partial charge in [0, 0.05) is 10.6 Å². The average Bonchev–Trinajstić information content (AvgIpc) is 2.64. The Bertz CT molecular complexity index is 1030. The zero-order valence-electron chi connectivity index (χ0n) is 14.0. The van der Waals surface area contributed by atoms with Gasteiger partial charge in [-0.2, -0.15) is 8.42 Å². The Balaban J connectivity index is 2.07. The molecule has 0 saturated heterocycles. The highest BCUT2D eigenvalue weighted by molar-refractivity contribution is 7.90. The minimum absolute atomic E-state index is 0.00912. The van der Waals surface area contributed by atoms with E-state index in [-0.39, 0.29) is 10.8 Å². The molecular formula is C20H16ClNO3S. The number of hydrogen-bond donors (Lipinski definition) is 0. The van der Waals surface area contributed by atoms with Gasteiger partial charge in [-0.15, -0.1) is 4.40 Å². The summed E-state index contributed by atoms with van der Waals surface area (Å²) in [6.07, 6.45) is 0. The van der Waals surface area contributed by atoms with Gasteiger partial charge in [0.15, 0.2) is 0 Å². The second kappa shape index (κ2) is 7.72. The summed E-state index contributed by atoms with van der Waals surface area (Å²) < 4.78 is 35.2. The van der Waals surface area contributed by atoms with Crippen molar-refractivity contribution in [2.45, 2.75) is 11.8 Å². The molecule has 0 heterocycles. The number of benzene rings is 3. The zero-order chi connectivity index (χ0) is 18.6. The summed E-state index contributed by atoms with van der Waals surface area (Å²) >= 11 is 5.83. The van der Waals surface area contributed by atoms with Crippen LogP contribution in [0.4, 0.5) is 0 Å². The van der Waals surface area contributed by atoms with Crippen LogP contribution >= 0.6 is 11.6 Å². The molecule has 0 aliphatic heterocycles. The Hall–Kier alpha value is -2.63. The standard InChI is InChI=1S/C20H16ClNO3S/c1-15-7-5-6-10-19(15)25-20(16-8-3-2-4-9-16)22-26(23,24)18-13-11-17(21)12-14-18/h2-14H,1H3/b22-20-. The van der Waals surface area contributed by atoms with Gasteiger partial charge >= 0.3 is 0 Å². The highest BCUT2D eigenvalue weighted by Gasteiger charge is 2.17. The number of halogens is 1. The molecule has 3 rings (SSSR count). The van der Waals surface area contributed by atoms with Crippen LogP contribution in [0.3, 0.4) is 0 Å². The molecule has 0 saturated carbocycles. The molecule has 0 fully saturated rings. The Kier molecular flexibility index (Phi) is 5.40. The summed E-state index contributed by atoms with van der Waals surface area (Å²) in [4.78, 5) is 0.0451. The van der Waals surface area contributed by atoms with Crippen molar-refractivity contribution < 1.29 is 13.2 Å². The van der Waals surface area contributed by atoms with E-state index in [1.54, 1.807) is 30.3 Å². The van der Waals surface area contributed by atoms with Crippen molar-refractivity contribution in [3.63, 3.8) is 0 Å². The number of rotatable bonds is 4. The molecule has 0 spiro atoms. The molecule has 6 heteroatoms. The van der Waals surface area contributed by atoms with E-state index in [4.69, 9.17) is 16.3 Å². The van der Waals surface area contributed by atoms with Crippen LogP contribution in [0.1, 0.15) is 11.1 Å². The van der Waals surface area contributed by atoms with E-state index in [1.807, 2.05) is 31.2 Å². The molecule has 0 amide bonds. The van der Waals surface area contributed by atoms with Crippen molar-refractivity contribution in [1.29, 1.82) is 0 Å². The smallest absolute Gasteiger partial charge is 0.285 e. The number of sulfonamides is 1. The average molecular weight is 386 g/mol. The molecule has 0 aliphatic rings. The Labute approximate surface area is 157 Å². The van der Waals surface area contributed by atoms with Gasteiger partial charge in [-0.1, -0.05) is 48.0 Å². The third-order valence-corrected chi connectivity index (χ3v) is 5.16. The van der Waals surface area contributed by atoms with E-state index >= 15 is 0 Å². The maximum atomic E-state index is 12.7. The lowest BCUT2D eigenvalue weighted by atomic mass is 10.2. The molecule has 26 heavy (non-hydrogen) atoms. The lowest BCUT2D eigenvalue weighted by molar-refractivity contribution is 0.546. The molecule has 0 aliphatic carbocycles. The first-order valence-corrected chi connectivity index (χ1v) is 9.67. The molecule has 0 radical (unpaired) electrons. The van der Waals surface area contributed by atoms with Crippen molar-refractivity contribution in [3.8, 4) is 5.75 Å². The number of nitrogens with zero attached hydrogens (tertiary/aromatic N) is 1. The van der Waals surface area contributed by atoms with Gasteiger partial charge in [-0.05, 0) is 55.0 Å². The van der Waals surface area contributed by atoms with Crippen LogP contribution in [0.5, 0.6) is 5.75 Å². The minimum atomic E-state index is -3.95. The highest BCUT2D eigenvalue weighted by atomic mass is 35.5. The van der Waals surface area contributed by atoms with E-state index in [2.05, 4.69) is 4.40 Å².